The fraction of sp³-hybridized carbons (Fsp3) is 0.500. The number of fused-ring (bicyclic) bond motifs is 2. The molecule has 0 aromatic heterocycles. The van der Waals surface area contributed by atoms with Gasteiger partial charge in [-0.2, -0.15) is 0 Å². The molecule has 5 rings (SSSR count). The summed E-state index contributed by atoms with van der Waals surface area (Å²) in [6.07, 6.45) is 1.72. The fourth-order valence-electron chi connectivity index (χ4n) is 6.10. The maximum absolute atomic E-state index is 14.3. The molecule has 0 bridgehead atoms. The molecule has 43 heavy (non-hydrogen) atoms. The summed E-state index contributed by atoms with van der Waals surface area (Å²) in [5.41, 5.74) is 0.0205. The number of carbonyl (C=O) groups excluding carboxylic acids is 3. The molecule has 1 N–H and O–H groups in total. The van der Waals surface area contributed by atoms with E-state index >= 15 is 0 Å². The predicted octanol–water partition coefficient (Wildman–Crippen LogP) is 2.24. The topological polar surface area (TPSA) is 141 Å². The van der Waals surface area contributed by atoms with Crippen LogP contribution in [0.2, 0.25) is 0 Å². The van der Waals surface area contributed by atoms with Gasteiger partial charge in [-0.25, -0.2) is 12.7 Å². The Balaban J connectivity index is 1.42. The number of benzene rings is 2. The quantitative estimate of drug-likeness (QED) is 0.426. The van der Waals surface area contributed by atoms with Gasteiger partial charge in [0.05, 0.1) is 44.1 Å². The van der Waals surface area contributed by atoms with Gasteiger partial charge in [0, 0.05) is 25.7 Å². The van der Waals surface area contributed by atoms with Crippen molar-refractivity contribution in [1.82, 2.24) is 10.2 Å². The first-order valence-electron chi connectivity index (χ1n) is 14.4. The highest BCUT2D eigenvalue weighted by Gasteiger charge is 2.56. The molecule has 1 spiro atoms. The Morgan fingerprint density at radius 2 is 1.91 bits per heavy atom. The number of methoxy groups -OCH3 is 1. The van der Waals surface area contributed by atoms with Gasteiger partial charge in [0.25, 0.3) is 21.8 Å². The number of ether oxygens (including phenoxy) is 4. The number of hydrogen-bond donors (Lipinski definition) is 1. The second-order valence-electron chi connectivity index (χ2n) is 10.7. The van der Waals surface area contributed by atoms with Gasteiger partial charge in [-0.05, 0) is 74.6 Å². The van der Waals surface area contributed by atoms with E-state index in [-0.39, 0.29) is 40.5 Å². The van der Waals surface area contributed by atoms with Crippen LogP contribution in [0.1, 0.15) is 48.5 Å². The van der Waals surface area contributed by atoms with Crippen molar-refractivity contribution >= 4 is 33.4 Å². The molecule has 2 heterocycles. The number of anilines is 1. The van der Waals surface area contributed by atoms with Gasteiger partial charge in [-0.15, -0.1) is 0 Å². The van der Waals surface area contributed by atoms with Crippen molar-refractivity contribution < 1.29 is 41.7 Å². The average Bonchev–Trinajstić information content (AvgIpc) is 3.25. The third-order valence-corrected chi connectivity index (χ3v) is 10.1. The SMILES string of the molecule is CCOc1ccc2c(c1)C1(CCC(OCCN3CCOCC3=O)CC1)C(=O)N2S(=O)(=O)c1ccc(C(=O)NC)cc1OC. The number of nitrogens with one attached hydrogen (secondary N) is 1. The molecule has 2 aliphatic heterocycles. The number of nitrogens with zero attached hydrogens (tertiary/aromatic N) is 2. The van der Waals surface area contributed by atoms with E-state index in [9.17, 15) is 22.8 Å². The third-order valence-electron chi connectivity index (χ3n) is 8.36. The number of sulfonamides is 1. The van der Waals surface area contributed by atoms with Crippen LogP contribution in [0.5, 0.6) is 11.5 Å². The second-order valence-corrected chi connectivity index (χ2v) is 12.5. The summed E-state index contributed by atoms with van der Waals surface area (Å²) >= 11 is 0. The summed E-state index contributed by atoms with van der Waals surface area (Å²) in [7, 11) is -1.65. The van der Waals surface area contributed by atoms with Crippen molar-refractivity contribution in [2.24, 2.45) is 0 Å². The van der Waals surface area contributed by atoms with Gasteiger partial charge in [0.1, 0.15) is 23.0 Å². The van der Waals surface area contributed by atoms with Crippen LogP contribution in [0.25, 0.3) is 0 Å². The van der Waals surface area contributed by atoms with Crippen molar-refractivity contribution in [3.05, 3.63) is 47.5 Å². The van der Waals surface area contributed by atoms with E-state index in [4.69, 9.17) is 18.9 Å². The van der Waals surface area contributed by atoms with E-state index in [2.05, 4.69) is 5.32 Å². The molecule has 1 saturated carbocycles. The molecule has 0 radical (unpaired) electrons. The van der Waals surface area contributed by atoms with E-state index in [0.717, 1.165) is 4.31 Å². The lowest BCUT2D eigenvalue weighted by Gasteiger charge is -2.36. The van der Waals surface area contributed by atoms with E-state index in [1.54, 1.807) is 23.1 Å². The molecule has 2 aromatic carbocycles. The Bertz CT molecular complexity index is 1500. The first-order valence-corrected chi connectivity index (χ1v) is 15.8. The number of carbonyl (C=O) groups is 3. The molecule has 3 aliphatic rings. The molecule has 3 amide bonds. The van der Waals surface area contributed by atoms with Crippen molar-refractivity contribution in [1.29, 1.82) is 0 Å². The standard InChI is InChI=1S/C30H37N3O9S/c1-4-41-22-6-7-24-23(18-22)30(11-9-21(10-12-30)42-16-14-32-13-15-40-19-27(32)34)29(36)33(24)43(37,38)26-8-5-20(28(35)31-2)17-25(26)39-3/h5-8,17-18,21H,4,9-16,19H2,1-3H3,(H,31,35). The van der Waals surface area contributed by atoms with Gasteiger partial charge in [-0.1, -0.05) is 0 Å². The van der Waals surface area contributed by atoms with Crippen LogP contribution in [0.4, 0.5) is 5.69 Å². The second kappa shape index (κ2) is 12.5. The van der Waals surface area contributed by atoms with Crippen molar-refractivity contribution in [3.63, 3.8) is 0 Å². The summed E-state index contributed by atoms with van der Waals surface area (Å²) in [6, 6.07) is 9.05. The zero-order chi connectivity index (χ0) is 30.8. The highest BCUT2D eigenvalue weighted by atomic mass is 32.2. The first-order chi connectivity index (χ1) is 20.7. The number of rotatable bonds is 10. The molecule has 2 aromatic rings. The summed E-state index contributed by atoms with van der Waals surface area (Å²) < 4.78 is 51.6. The van der Waals surface area contributed by atoms with Crippen LogP contribution in [0.3, 0.4) is 0 Å². The smallest absolute Gasteiger partial charge is 0.274 e. The van der Waals surface area contributed by atoms with E-state index in [0.29, 0.717) is 69.9 Å². The predicted molar refractivity (Wildman–Crippen MR) is 156 cm³/mol. The number of morpholine rings is 1. The van der Waals surface area contributed by atoms with Crippen LogP contribution in [0, 0.1) is 0 Å². The number of amides is 3. The Kier molecular flexibility index (Phi) is 8.95. The van der Waals surface area contributed by atoms with Gasteiger partial charge in [0.15, 0.2) is 0 Å². The van der Waals surface area contributed by atoms with Crippen LogP contribution >= 0.6 is 0 Å². The summed E-state index contributed by atoms with van der Waals surface area (Å²) in [5.74, 6) is -0.488. The summed E-state index contributed by atoms with van der Waals surface area (Å²) in [4.78, 5) is 40.0. The first kappa shape index (κ1) is 30.8. The van der Waals surface area contributed by atoms with Crippen LogP contribution < -0.4 is 19.1 Å². The zero-order valence-electron chi connectivity index (χ0n) is 24.6. The molecule has 232 valence electrons. The molecule has 0 unspecified atom stereocenters. The molecular weight excluding hydrogens is 578 g/mol. The Morgan fingerprint density at radius 3 is 2.58 bits per heavy atom. The Hall–Kier alpha value is -3.68. The summed E-state index contributed by atoms with van der Waals surface area (Å²) in [6.45, 7) is 4.23. The monoisotopic (exact) mass is 615 g/mol. The Labute approximate surface area is 251 Å². The fourth-order valence-corrected chi connectivity index (χ4v) is 7.75. The zero-order valence-corrected chi connectivity index (χ0v) is 25.4. The number of hydrogen-bond acceptors (Lipinski definition) is 9. The maximum atomic E-state index is 14.3. The van der Waals surface area contributed by atoms with Gasteiger partial charge < -0.3 is 29.2 Å². The Morgan fingerprint density at radius 1 is 1.14 bits per heavy atom. The van der Waals surface area contributed by atoms with E-state index in [1.807, 2.05) is 6.92 Å². The minimum Gasteiger partial charge on any atom is -0.495 e. The van der Waals surface area contributed by atoms with Crippen molar-refractivity contribution in [2.75, 3.05) is 58.0 Å². The van der Waals surface area contributed by atoms with E-state index < -0.39 is 27.3 Å². The van der Waals surface area contributed by atoms with E-state index in [1.165, 1.54) is 32.4 Å². The molecule has 12 nitrogen and oxygen atoms in total. The van der Waals surface area contributed by atoms with Gasteiger partial charge >= 0.3 is 0 Å². The average molecular weight is 616 g/mol. The largest absolute Gasteiger partial charge is 0.495 e. The van der Waals surface area contributed by atoms with Crippen molar-refractivity contribution in [2.45, 2.75) is 49.0 Å². The third kappa shape index (κ3) is 5.68. The molecule has 13 heteroatoms. The molecule has 1 aliphatic carbocycles. The lowest BCUT2D eigenvalue weighted by atomic mass is 9.69. The van der Waals surface area contributed by atoms with Gasteiger partial charge in [0.2, 0.25) is 5.91 Å². The molecule has 0 atom stereocenters. The van der Waals surface area contributed by atoms with Crippen LogP contribution in [-0.4, -0.2) is 90.8 Å². The normalized spacial score (nSPS) is 22.1. The van der Waals surface area contributed by atoms with Crippen LogP contribution in [-0.2, 0) is 34.5 Å². The molecular formula is C30H37N3O9S. The minimum atomic E-state index is -4.43. The highest BCUT2D eigenvalue weighted by Crippen LogP contribution is 2.53. The lowest BCUT2D eigenvalue weighted by Crippen LogP contribution is -2.46. The van der Waals surface area contributed by atoms with Crippen molar-refractivity contribution in [3.8, 4) is 11.5 Å². The lowest BCUT2D eigenvalue weighted by molar-refractivity contribution is -0.144. The van der Waals surface area contributed by atoms with Gasteiger partial charge in [-0.3, -0.25) is 14.4 Å². The molecule has 1 saturated heterocycles. The minimum absolute atomic E-state index is 0.0433. The van der Waals surface area contributed by atoms with Crippen LogP contribution in [0.15, 0.2) is 41.3 Å². The maximum Gasteiger partial charge on any atom is 0.274 e. The molecule has 2 fully saturated rings. The highest BCUT2D eigenvalue weighted by molar-refractivity contribution is 7.93. The summed E-state index contributed by atoms with van der Waals surface area (Å²) in [5, 5.41) is 2.50.